The quantitative estimate of drug-likeness (QED) is 0.187. The van der Waals surface area contributed by atoms with Gasteiger partial charge in [-0.15, -0.1) is 6.58 Å². The van der Waals surface area contributed by atoms with Crippen LogP contribution >= 0.6 is 0 Å². The van der Waals surface area contributed by atoms with Gasteiger partial charge in [-0.1, -0.05) is 142 Å². The van der Waals surface area contributed by atoms with E-state index in [9.17, 15) is 0 Å². The van der Waals surface area contributed by atoms with E-state index >= 15 is 0 Å². The van der Waals surface area contributed by atoms with Crippen LogP contribution in [0.25, 0.3) is 5.70 Å². The molecule has 0 unspecified atom stereocenters. The van der Waals surface area contributed by atoms with E-state index in [0.29, 0.717) is 6.04 Å². The average molecular weight is 563 g/mol. The van der Waals surface area contributed by atoms with E-state index in [1.54, 1.807) is 6.08 Å². The van der Waals surface area contributed by atoms with Crippen LogP contribution in [-0.4, -0.2) is 13.1 Å². The Morgan fingerprint density at radius 2 is 1.41 bits per heavy atom. The van der Waals surface area contributed by atoms with Gasteiger partial charge in [-0.3, -0.25) is 0 Å². The highest BCUT2D eigenvalue weighted by Gasteiger charge is 2.06. The van der Waals surface area contributed by atoms with Gasteiger partial charge in [0.05, 0.1) is 0 Å². The zero-order valence-corrected chi connectivity index (χ0v) is 28.7. The monoisotopic (exact) mass is 563 g/mol. The number of unbranched alkanes of at least 4 members (excludes halogenated alkanes) is 1. The van der Waals surface area contributed by atoms with Gasteiger partial charge in [0.15, 0.2) is 0 Å². The molecule has 0 amide bonds. The lowest BCUT2D eigenvalue weighted by Gasteiger charge is -2.18. The predicted octanol–water partition coefficient (Wildman–Crippen LogP) is 12.4. The van der Waals surface area contributed by atoms with Gasteiger partial charge >= 0.3 is 0 Å². The largest absolute Gasteiger partial charge is 0.388 e. The molecular formula is C39H66N2. The summed E-state index contributed by atoms with van der Waals surface area (Å²) in [7, 11) is 1.94. The lowest BCUT2D eigenvalue weighted by molar-refractivity contribution is 0.561. The van der Waals surface area contributed by atoms with Gasteiger partial charge < -0.3 is 10.6 Å². The zero-order valence-electron chi connectivity index (χ0n) is 28.7. The summed E-state index contributed by atoms with van der Waals surface area (Å²) >= 11 is 0. The predicted molar refractivity (Wildman–Crippen MR) is 193 cm³/mol. The minimum absolute atomic E-state index is 0.500. The van der Waals surface area contributed by atoms with Gasteiger partial charge in [-0.2, -0.15) is 0 Å². The fourth-order valence-corrected chi connectivity index (χ4v) is 3.62. The van der Waals surface area contributed by atoms with Gasteiger partial charge in [-0.25, -0.2) is 0 Å². The molecule has 0 aliphatic heterocycles. The Kier molecular flexibility index (Phi) is 32.7. The van der Waals surface area contributed by atoms with Crippen LogP contribution in [0.5, 0.6) is 0 Å². The zero-order chi connectivity index (χ0) is 31.9. The maximum absolute atomic E-state index is 4.21. The Balaban J connectivity index is -0.000000667. The van der Waals surface area contributed by atoms with Gasteiger partial charge in [0.2, 0.25) is 0 Å². The summed E-state index contributed by atoms with van der Waals surface area (Å²) in [5.41, 5.74) is 7.38. The van der Waals surface area contributed by atoms with Crippen molar-refractivity contribution in [3.63, 3.8) is 0 Å². The molecule has 2 aromatic rings. The first-order valence-electron chi connectivity index (χ1n) is 16.0. The molecule has 0 bridgehead atoms. The maximum Gasteiger partial charge on any atom is 0.0342 e. The number of anilines is 1. The minimum atomic E-state index is 0.500. The highest BCUT2D eigenvalue weighted by molar-refractivity contribution is 5.62. The normalized spacial score (nSPS) is 9.68. The van der Waals surface area contributed by atoms with Crippen LogP contribution in [0.1, 0.15) is 124 Å². The minimum Gasteiger partial charge on any atom is -0.388 e. The van der Waals surface area contributed by atoms with Crippen LogP contribution in [-0.2, 0) is 6.42 Å². The first-order chi connectivity index (χ1) is 19.8. The lowest BCUT2D eigenvalue weighted by atomic mass is 10.0. The van der Waals surface area contributed by atoms with Crippen molar-refractivity contribution < 1.29 is 0 Å². The van der Waals surface area contributed by atoms with E-state index in [1.807, 2.05) is 33.9 Å². The number of benzene rings is 2. The van der Waals surface area contributed by atoms with Crippen molar-refractivity contribution in [2.24, 2.45) is 0 Å². The Labute approximate surface area is 257 Å². The molecule has 0 spiro atoms. The maximum atomic E-state index is 4.21. The van der Waals surface area contributed by atoms with Crippen LogP contribution in [0.3, 0.4) is 0 Å². The Morgan fingerprint density at radius 3 is 1.85 bits per heavy atom. The average Bonchev–Trinajstić information content (AvgIpc) is 3.00. The second-order valence-electron chi connectivity index (χ2n) is 9.60. The van der Waals surface area contributed by atoms with Crippen LogP contribution in [0.4, 0.5) is 5.69 Å². The molecule has 0 aromatic heterocycles. The molecule has 0 aliphatic rings. The molecule has 0 heterocycles. The molecule has 41 heavy (non-hydrogen) atoms. The van der Waals surface area contributed by atoms with Gasteiger partial charge in [-0.05, 0) is 73.9 Å². The van der Waals surface area contributed by atoms with Crippen molar-refractivity contribution in [1.82, 2.24) is 5.32 Å². The van der Waals surface area contributed by atoms with E-state index in [4.69, 9.17) is 0 Å². The molecule has 0 saturated carbocycles. The van der Waals surface area contributed by atoms with Crippen LogP contribution in [0, 0.1) is 0 Å². The third-order valence-electron chi connectivity index (χ3n) is 5.79. The van der Waals surface area contributed by atoms with Gasteiger partial charge in [0, 0.05) is 24.5 Å². The Bertz CT molecular complexity index is 901. The lowest BCUT2D eigenvalue weighted by Crippen LogP contribution is -2.25. The molecule has 2 aromatic carbocycles. The molecule has 0 saturated heterocycles. The van der Waals surface area contributed by atoms with Crippen molar-refractivity contribution in [3.8, 4) is 0 Å². The van der Waals surface area contributed by atoms with Crippen molar-refractivity contribution in [3.05, 3.63) is 109 Å². The summed E-state index contributed by atoms with van der Waals surface area (Å²) in [5.74, 6) is 0. The fourth-order valence-electron chi connectivity index (χ4n) is 3.62. The third-order valence-corrected chi connectivity index (χ3v) is 5.79. The molecule has 2 nitrogen and oxygen atoms in total. The van der Waals surface area contributed by atoms with Crippen LogP contribution in [0.2, 0.25) is 0 Å². The van der Waals surface area contributed by atoms with Gasteiger partial charge in [0.1, 0.15) is 0 Å². The number of rotatable bonds is 13. The summed E-state index contributed by atoms with van der Waals surface area (Å²) in [5, 5.41) is 6.69. The SMILES string of the molecule is C=C(NC(CC)CC)c1cccc(Cc2ccc(NC)cc2)c1.C=C/C(=C\CCC)CCC.C=CC.CC.CCC. The molecule has 232 valence electrons. The molecule has 0 atom stereocenters. The Morgan fingerprint density at radius 1 is 0.854 bits per heavy atom. The third kappa shape index (κ3) is 23.4. The van der Waals surface area contributed by atoms with E-state index in [-0.39, 0.29) is 0 Å². The van der Waals surface area contributed by atoms with E-state index in [2.05, 4.69) is 127 Å². The molecule has 2 heteroatoms. The fraction of sp³-hybridized carbons (Fsp3) is 0.487. The Hall–Kier alpha value is -3.00. The topological polar surface area (TPSA) is 24.1 Å². The summed E-state index contributed by atoms with van der Waals surface area (Å²) in [6.45, 7) is 30.3. The second-order valence-corrected chi connectivity index (χ2v) is 9.60. The summed E-state index contributed by atoms with van der Waals surface area (Å²) in [6, 6.07) is 17.8. The highest BCUT2D eigenvalue weighted by atomic mass is 14.9. The van der Waals surface area contributed by atoms with Crippen molar-refractivity contribution in [1.29, 1.82) is 0 Å². The van der Waals surface area contributed by atoms with E-state index in [0.717, 1.165) is 30.6 Å². The molecule has 0 radical (unpaired) electrons. The molecule has 0 aliphatic carbocycles. The smallest absolute Gasteiger partial charge is 0.0342 e. The van der Waals surface area contributed by atoms with Crippen LogP contribution < -0.4 is 10.6 Å². The molecule has 2 rings (SSSR count). The van der Waals surface area contributed by atoms with Crippen molar-refractivity contribution in [2.75, 3.05) is 12.4 Å². The number of hydrogen-bond donors (Lipinski definition) is 2. The second kappa shape index (κ2) is 31.5. The number of nitrogens with one attached hydrogen (secondary N) is 2. The first kappa shape index (κ1) is 42.5. The molecule has 2 N–H and O–H groups in total. The van der Waals surface area contributed by atoms with Crippen molar-refractivity contribution in [2.45, 2.75) is 120 Å². The first-order valence-corrected chi connectivity index (χ1v) is 16.0. The standard InChI is InChI=1S/C21H28N2.C10H18.C3H8.C3H6.C2H6/c1-5-20(6-2)23-16(3)19-9-7-8-18(15-19)14-17-10-12-21(22-4)13-11-17;1-4-7-9-10(6-3)8-5-2;2*1-3-2;1-2/h7-13,15,20,22-23H,3,5-6,14H2,1-2,4H3;6,9H,3-5,7-8H2,1-2H3;3H2,1-2H3;3H,1H2,2H3;1-2H3/b;10-9+;;;. The van der Waals surface area contributed by atoms with Crippen LogP contribution in [0.15, 0.2) is 92.1 Å². The molecular weight excluding hydrogens is 496 g/mol. The van der Waals surface area contributed by atoms with E-state index in [1.165, 1.54) is 54.4 Å². The number of allylic oxidation sites excluding steroid dienone is 4. The summed E-state index contributed by atoms with van der Waals surface area (Å²) < 4.78 is 0. The summed E-state index contributed by atoms with van der Waals surface area (Å²) in [4.78, 5) is 0. The van der Waals surface area contributed by atoms with Gasteiger partial charge in [0.25, 0.3) is 0 Å². The summed E-state index contributed by atoms with van der Waals surface area (Å²) in [6.07, 6.45) is 15.3. The van der Waals surface area contributed by atoms with Crippen molar-refractivity contribution >= 4 is 11.4 Å². The molecule has 0 fully saturated rings. The number of hydrogen-bond acceptors (Lipinski definition) is 2. The highest BCUT2D eigenvalue weighted by Crippen LogP contribution is 2.18. The van der Waals surface area contributed by atoms with E-state index < -0.39 is 0 Å².